The first kappa shape index (κ1) is 12.7. The Balaban J connectivity index is 1.75. The molecule has 19 heavy (non-hydrogen) atoms. The molecule has 0 aromatic carbocycles. The molecule has 0 saturated heterocycles. The van der Waals surface area contributed by atoms with Crippen LogP contribution in [0.3, 0.4) is 0 Å². The van der Waals surface area contributed by atoms with E-state index in [0.717, 1.165) is 31.9 Å². The first-order chi connectivity index (χ1) is 9.02. The monoisotopic (exact) mass is 278 g/mol. The van der Waals surface area contributed by atoms with Crippen molar-refractivity contribution in [3.8, 4) is 0 Å². The molecule has 0 saturated carbocycles. The maximum absolute atomic E-state index is 4.80. The zero-order chi connectivity index (χ0) is 13.5. The van der Waals surface area contributed by atoms with Gasteiger partial charge < -0.3 is 0 Å². The number of fused-ring (bicyclic) bond motifs is 1. The van der Waals surface area contributed by atoms with Gasteiger partial charge in [0.05, 0.1) is 17.2 Å². The average molecular weight is 278 g/mol. The van der Waals surface area contributed by atoms with Crippen LogP contribution in [0.2, 0.25) is 0 Å². The molecule has 7 heteroatoms. The molecule has 6 nitrogen and oxygen atoms in total. The molecule has 0 atom stereocenters. The van der Waals surface area contributed by atoms with Crippen LogP contribution in [0.4, 0.5) is 0 Å². The van der Waals surface area contributed by atoms with E-state index in [2.05, 4.69) is 46.3 Å². The summed E-state index contributed by atoms with van der Waals surface area (Å²) in [7, 11) is 0. The van der Waals surface area contributed by atoms with Crippen LogP contribution in [0.15, 0.2) is 0 Å². The fourth-order valence-electron chi connectivity index (χ4n) is 2.15. The molecule has 0 aliphatic carbocycles. The number of nitrogens with zero attached hydrogens (tertiary/aromatic N) is 5. The van der Waals surface area contributed by atoms with Crippen LogP contribution < -0.4 is 0 Å². The van der Waals surface area contributed by atoms with Gasteiger partial charge >= 0.3 is 0 Å². The first-order valence-corrected chi connectivity index (χ1v) is 7.28. The number of hydrogen-bond donors (Lipinski definition) is 1. The van der Waals surface area contributed by atoms with E-state index in [-0.39, 0.29) is 5.41 Å². The summed E-state index contributed by atoms with van der Waals surface area (Å²) in [5.74, 6) is 0.754. The molecule has 0 unspecified atom stereocenters. The molecule has 0 spiro atoms. The fraction of sp³-hybridized carbons (Fsp3) is 0.667. The van der Waals surface area contributed by atoms with Gasteiger partial charge in [-0.2, -0.15) is 5.21 Å². The third-order valence-electron chi connectivity index (χ3n) is 3.21. The largest absolute Gasteiger partial charge is 0.290 e. The molecular weight excluding hydrogens is 260 g/mol. The number of hydrogen-bond acceptors (Lipinski definition) is 6. The van der Waals surface area contributed by atoms with Crippen LogP contribution in [0, 0.1) is 0 Å². The molecule has 0 amide bonds. The Morgan fingerprint density at radius 2 is 2.21 bits per heavy atom. The highest BCUT2D eigenvalue weighted by molar-refractivity contribution is 7.11. The highest BCUT2D eigenvalue weighted by Gasteiger charge is 2.25. The van der Waals surface area contributed by atoms with Crippen LogP contribution >= 0.6 is 11.3 Å². The van der Waals surface area contributed by atoms with E-state index < -0.39 is 0 Å². The smallest absolute Gasteiger partial charge is 0.188 e. The molecular formula is C12H18N6S. The maximum Gasteiger partial charge on any atom is 0.188 e. The van der Waals surface area contributed by atoms with Gasteiger partial charge in [0, 0.05) is 29.8 Å². The number of nitrogens with one attached hydrogen (secondary N) is 1. The summed E-state index contributed by atoms with van der Waals surface area (Å²) in [6.07, 6.45) is 1.01. The van der Waals surface area contributed by atoms with Gasteiger partial charge in [-0.3, -0.25) is 4.90 Å². The number of thiazole rings is 1. The molecule has 1 aliphatic rings. The van der Waals surface area contributed by atoms with E-state index in [9.17, 15) is 0 Å². The minimum atomic E-state index is 0.139. The summed E-state index contributed by atoms with van der Waals surface area (Å²) in [4.78, 5) is 8.53. The quantitative estimate of drug-likeness (QED) is 0.901. The molecule has 1 aliphatic heterocycles. The Hall–Kier alpha value is -1.34. The maximum atomic E-state index is 4.80. The van der Waals surface area contributed by atoms with Gasteiger partial charge in [0.1, 0.15) is 0 Å². The Bertz CT molecular complexity index is 553. The third-order valence-corrected chi connectivity index (χ3v) is 4.71. The van der Waals surface area contributed by atoms with E-state index in [4.69, 9.17) is 4.98 Å². The molecule has 102 valence electrons. The Morgan fingerprint density at radius 3 is 2.89 bits per heavy atom. The van der Waals surface area contributed by atoms with Crippen molar-refractivity contribution in [1.29, 1.82) is 0 Å². The SMILES string of the molecule is CC(C)(C)c1nc2c(s1)CN(Cc1nn[nH]n1)CC2. The van der Waals surface area contributed by atoms with Gasteiger partial charge in [-0.1, -0.05) is 26.0 Å². The second-order valence-electron chi connectivity index (χ2n) is 5.93. The minimum Gasteiger partial charge on any atom is -0.290 e. The lowest BCUT2D eigenvalue weighted by atomic mass is 9.98. The zero-order valence-corrected chi connectivity index (χ0v) is 12.3. The van der Waals surface area contributed by atoms with E-state index in [1.165, 1.54) is 15.6 Å². The van der Waals surface area contributed by atoms with Crippen LogP contribution in [0.1, 0.15) is 42.2 Å². The van der Waals surface area contributed by atoms with Crippen LogP contribution in [-0.4, -0.2) is 37.1 Å². The lowest BCUT2D eigenvalue weighted by Crippen LogP contribution is -2.29. The summed E-state index contributed by atoms with van der Waals surface area (Å²) < 4.78 is 0. The van der Waals surface area contributed by atoms with Crippen molar-refractivity contribution in [3.63, 3.8) is 0 Å². The summed E-state index contributed by atoms with van der Waals surface area (Å²) in [6.45, 7) is 9.35. The normalized spacial score (nSPS) is 16.6. The minimum absolute atomic E-state index is 0.139. The topological polar surface area (TPSA) is 70.6 Å². The van der Waals surface area contributed by atoms with Crippen LogP contribution in [-0.2, 0) is 24.9 Å². The van der Waals surface area contributed by atoms with Gasteiger partial charge in [0.15, 0.2) is 5.82 Å². The molecule has 2 aromatic rings. The predicted molar refractivity (Wildman–Crippen MR) is 72.8 cm³/mol. The first-order valence-electron chi connectivity index (χ1n) is 6.46. The van der Waals surface area contributed by atoms with Gasteiger partial charge in [-0.05, 0) is 0 Å². The van der Waals surface area contributed by atoms with E-state index in [0.29, 0.717) is 0 Å². The third kappa shape index (κ3) is 2.66. The van der Waals surface area contributed by atoms with E-state index in [1.807, 2.05) is 11.3 Å². The van der Waals surface area contributed by atoms with Crippen LogP contribution in [0.25, 0.3) is 0 Å². The molecule has 1 N–H and O–H groups in total. The van der Waals surface area contributed by atoms with Crippen molar-refractivity contribution in [1.82, 2.24) is 30.5 Å². The number of tetrazole rings is 1. The van der Waals surface area contributed by atoms with E-state index >= 15 is 0 Å². The lowest BCUT2D eigenvalue weighted by Gasteiger charge is -2.24. The molecule has 0 radical (unpaired) electrons. The fourth-order valence-corrected chi connectivity index (χ4v) is 3.36. The number of H-pyrrole nitrogens is 1. The number of aromatic amines is 1. The molecule has 2 aromatic heterocycles. The molecule has 0 fully saturated rings. The second kappa shape index (κ2) is 4.64. The number of rotatable bonds is 2. The molecule has 0 bridgehead atoms. The van der Waals surface area contributed by atoms with Gasteiger partial charge in [-0.15, -0.1) is 21.5 Å². The second-order valence-corrected chi connectivity index (χ2v) is 7.01. The average Bonchev–Trinajstić information content (AvgIpc) is 2.95. The molecule has 3 rings (SSSR count). The lowest BCUT2D eigenvalue weighted by molar-refractivity contribution is 0.241. The zero-order valence-electron chi connectivity index (χ0n) is 11.5. The van der Waals surface area contributed by atoms with Gasteiger partial charge in [0.2, 0.25) is 0 Å². The predicted octanol–water partition coefficient (Wildman–Crippen LogP) is 1.51. The van der Waals surface area contributed by atoms with Gasteiger partial charge in [-0.25, -0.2) is 4.98 Å². The van der Waals surface area contributed by atoms with Crippen molar-refractivity contribution in [3.05, 3.63) is 21.4 Å². The highest BCUT2D eigenvalue weighted by Crippen LogP contribution is 2.32. The van der Waals surface area contributed by atoms with Crippen molar-refractivity contribution >= 4 is 11.3 Å². The molecule has 3 heterocycles. The van der Waals surface area contributed by atoms with Crippen molar-refractivity contribution in [2.75, 3.05) is 6.54 Å². The summed E-state index contributed by atoms with van der Waals surface area (Å²) in [5, 5.41) is 15.3. The van der Waals surface area contributed by atoms with Crippen molar-refractivity contribution < 1.29 is 0 Å². The standard InChI is InChI=1S/C12H18N6S/c1-12(2,3)11-13-8-4-5-18(6-9(8)19-11)7-10-14-16-17-15-10/h4-7H2,1-3H3,(H,14,15,16,17). The Kier molecular flexibility index (Phi) is 3.10. The summed E-state index contributed by atoms with van der Waals surface area (Å²) >= 11 is 1.84. The number of aromatic nitrogens is 5. The summed E-state index contributed by atoms with van der Waals surface area (Å²) in [5.41, 5.74) is 1.42. The van der Waals surface area contributed by atoms with E-state index in [1.54, 1.807) is 0 Å². The van der Waals surface area contributed by atoms with Crippen molar-refractivity contribution in [2.45, 2.75) is 45.7 Å². The van der Waals surface area contributed by atoms with Crippen LogP contribution in [0.5, 0.6) is 0 Å². The van der Waals surface area contributed by atoms with Crippen molar-refractivity contribution in [2.24, 2.45) is 0 Å². The Morgan fingerprint density at radius 1 is 1.37 bits per heavy atom. The summed E-state index contributed by atoms with van der Waals surface area (Å²) in [6, 6.07) is 0. The van der Waals surface area contributed by atoms with Gasteiger partial charge in [0.25, 0.3) is 0 Å². The Labute approximate surface area is 116 Å². The highest BCUT2D eigenvalue weighted by atomic mass is 32.1.